The molecule has 0 aliphatic heterocycles. The van der Waals surface area contributed by atoms with Gasteiger partial charge in [-0.25, -0.2) is 9.78 Å². The molecule has 0 aliphatic rings. The molecule has 2 rings (SSSR count). The summed E-state index contributed by atoms with van der Waals surface area (Å²) in [6.07, 6.45) is 2.00. The topological polar surface area (TPSA) is 108 Å². The third kappa shape index (κ3) is 3.38. The molecule has 20 heavy (non-hydrogen) atoms. The van der Waals surface area contributed by atoms with Crippen molar-refractivity contribution in [3.8, 4) is 5.75 Å². The van der Waals surface area contributed by atoms with Crippen LogP contribution >= 0.6 is 0 Å². The van der Waals surface area contributed by atoms with Gasteiger partial charge in [-0.2, -0.15) is 0 Å². The lowest BCUT2D eigenvalue weighted by Gasteiger charge is -2.09. The lowest BCUT2D eigenvalue weighted by Crippen LogP contribution is -2.09. The maximum atomic E-state index is 10.8. The molecule has 0 atom stereocenters. The summed E-state index contributed by atoms with van der Waals surface area (Å²) in [6, 6.07) is 8.30. The normalized spacial score (nSPS) is 10.2. The first-order valence-electron chi connectivity index (χ1n) is 6.07. The second kappa shape index (κ2) is 5.92. The van der Waals surface area contributed by atoms with Crippen LogP contribution in [-0.4, -0.2) is 27.7 Å². The van der Waals surface area contributed by atoms with Crippen molar-refractivity contribution in [1.82, 2.24) is 4.98 Å². The highest BCUT2D eigenvalue weighted by Gasteiger charge is 2.07. The van der Waals surface area contributed by atoms with Crippen LogP contribution in [0.3, 0.4) is 0 Å². The molecule has 0 fully saturated rings. The molecule has 1 aromatic heterocycles. The number of nitrogen functional groups attached to an aromatic ring is 1. The number of nitrogens with one attached hydrogen (secondary N) is 1. The van der Waals surface area contributed by atoms with Crippen LogP contribution in [0.2, 0.25) is 0 Å². The first-order valence-corrected chi connectivity index (χ1v) is 6.07. The SMILES string of the molecule is Nc1cc(C(=O)O)cnc1NCCc1ccc(O)cc1. The molecule has 0 saturated heterocycles. The van der Waals surface area contributed by atoms with Gasteiger partial charge in [-0.15, -0.1) is 0 Å². The molecule has 0 bridgehead atoms. The fraction of sp³-hybridized carbons (Fsp3) is 0.143. The molecule has 6 heteroatoms. The molecular weight excluding hydrogens is 258 g/mol. The minimum atomic E-state index is -1.06. The van der Waals surface area contributed by atoms with E-state index in [1.165, 1.54) is 12.3 Å². The van der Waals surface area contributed by atoms with E-state index in [9.17, 15) is 9.90 Å². The monoisotopic (exact) mass is 273 g/mol. The summed E-state index contributed by atoms with van der Waals surface area (Å²) in [5.74, 6) is -0.356. The number of nitrogens with two attached hydrogens (primary N) is 1. The summed E-state index contributed by atoms with van der Waals surface area (Å²) in [5, 5.41) is 21.0. The highest BCUT2D eigenvalue weighted by atomic mass is 16.4. The van der Waals surface area contributed by atoms with Gasteiger partial charge >= 0.3 is 5.97 Å². The zero-order chi connectivity index (χ0) is 14.5. The third-order valence-electron chi connectivity index (χ3n) is 2.81. The van der Waals surface area contributed by atoms with Crippen LogP contribution < -0.4 is 11.1 Å². The Morgan fingerprint density at radius 2 is 2.00 bits per heavy atom. The second-order valence-corrected chi connectivity index (χ2v) is 4.31. The van der Waals surface area contributed by atoms with Crippen molar-refractivity contribution in [3.63, 3.8) is 0 Å². The van der Waals surface area contributed by atoms with Gasteiger partial charge in [0.05, 0.1) is 11.3 Å². The summed E-state index contributed by atoms with van der Waals surface area (Å²) in [5.41, 5.74) is 7.17. The Morgan fingerprint density at radius 1 is 1.30 bits per heavy atom. The van der Waals surface area contributed by atoms with Gasteiger partial charge in [0.1, 0.15) is 11.6 Å². The molecule has 0 saturated carbocycles. The van der Waals surface area contributed by atoms with Gasteiger partial charge < -0.3 is 21.3 Å². The minimum absolute atomic E-state index is 0.0617. The maximum Gasteiger partial charge on any atom is 0.337 e. The minimum Gasteiger partial charge on any atom is -0.508 e. The number of benzene rings is 1. The number of carbonyl (C=O) groups is 1. The largest absolute Gasteiger partial charge is 0.508 e. The summed E-state index contributed by atoms with van der Waals surface area (Å²) in [7, 11) is 0. The van der Waals surface area contributed by atoms with Gasteiger partial charge in [-0.05, 0) is 30.2 Å². The predicted molar refractivity (Wildman–Crippen MR) is 75.9 cm³/mol. The maximum absolute atomic E-state index is 10.8. The number of aromatic nitrogens is 1. The Balaban J connectivity index is 1.94. The molecular formula is C14H15N3O3. The lowest BCUT2D eigenvalue weighted by molar-refractivity contribution is 0.0696. The van der Waals surface area contributed by atoms with Crippen LogP contribution in [0.15, 0.2) is 36.5 Å². The van der Waals surface area contributed by atoms with Crippen LogP contribution in [-0.2, 0) is 6.42 Å². The van der Waals surface area contributed by atoms with Crippen LogP contribution in [0.1, 0.15) is 15.9 Å². The third-order valence-corrected chi connectivity index (χ3v) is 2.81. The number of carboxylic acid groups (broad SMARTS) is 1. The van der Waals surface area contributed by atoms with Crippen molar-refractivity contribution < 1.29 is 15.0 Å². The molecule has 6 nitrogen and oxygen atoms in total. The molecule has 104 valence electrons. The first-order chi connectivity index (χ1) is 9.56. The lowest BCUT2D eigenvalue weighted by atomic mass is 10.1. The molecule has 1 aromatic carbocycles. The van der Waals surface area contributed by atoms with Crippen molar-refractivity contribution in [1.29, 1.82) is 0 Å². The number of phenols is 1. The van der Waals surface area contributed by atoms with E-state index in [2.05, 4.69) is 10.3 Å². The number of rotatable bonds is 5. The molecule has 0 spiro atoms. The van der Waals surface area contributed by atoms with Crippen LogP contribution in [0.25, 0.3) is 0 Å². The number of carboxylic acids is 1. The van der Waals surface area contributed by atoms with Gasteiger partial charge in [0.2, 0.25) is 0 Å². The smallest absolute Gasteiger partial charge is 0.337 e. The Kier molecular flexibility index (Phi) is 4.05. The number of nitrogens with zero attached hydrogens (tertiary/aromatic N) is 1. The highest BCUT2D eigenvalue weighted by molar-refractivity contribution is 5.89. The molecule has 2 aromatic rings. The van der Waals surface area contributed by atoms with E-state index in [1.807, 2.05) is 12.1 Å². The number of pyridine rings is 1. The van der Waals surface area contributed by atoms with Crippen molar-refractivity contribution >= 4 is 17.5 Å². The fourth-order valence-electron chi connectivity index (χ4n) is 1.73. The molecule has 0 unspecified atom stereocenters. The number of anilines is 2. The van der Waals surface area contributed by atoms with Gasteiger partial charge in [0, 0.05) is 12.7 Å². The van der Waals surface area contributed by atoms with Crippen molar-refractivity contribution in [3.05, 3.63) is 47.7 Å². The number of aromatic hydroxyl groups is 1. The average Bonchev–Trinajstić information content (AvgIpc) is 2.42. The number of phenolic OH excluding ortho intramolecular Hbond substituents is 1. The zero-order valence-corrected chi connectivity index (χ0v) is 10.7. The molecule has 0 radical (unpaired) electrons. The molecule has 0 amide bonds. The van der Waals surface area contributed by atoms with Crippen molar-refractivity contribution in [2.45, 2.75) is 6.42 Å². The van der Waals surface area contributed by atoms with Crippen LogP contribution in [0, 0.1) is 0 Å². The van der Waals surface area contributed by atoms with Gasteiger partial charge in [0.25, 0.3) is 0 Å². The molecule has 0 aliphatic carbocycles. The Labute approximate surface area is 115 Å². The highest BCUT2D eigenvalue weighted by Crippen LogP contribution is 2.16. The Hall–Kier alpha value is -2.76. The van der Waals surface area contributed by atoms with Crippen molar-refractivity contribution in [2.24, 2.45) is 0 Å². The van der Waals surface area contributed by atoms with E-state index < -0.39 is 5.97 Å². The number of hydrogen-bond acceptors (Lipinski definition) is 5. The Morgan fingerprint density at radius 3 is 2.60 bits per heavy atom. The van der Waals surface area contributed by atoms with Gasteiger partial charge in [-0.1, -0.05) is 12.1 Å². The molecule has 1 heterocycles. The summed E-state index contributed by atoms with van der Waals surface area (Å²) < 4.78 is 0. The first kappa shape index (κ1) is 13.7. The summed E-state index contributed by atoms with van der Waals surface area (Å²) >= 11 is 0. The van der Waals surface area contributed by atoms with Gasteiger partial charge in [-0.3, -0.25) is 0 Å². The Bertz CT molecular complexity index is 612. The number of hydrogen-bond donors (Lipinski definition) is 4. The van der Waals surface area contributed by atoms with E-state index in [4.69, 9.17) is 10.8 Å². The van der Waals surface area contributed by atoms with E-state index in [-0.39, 0.29) is 11.3 Å². The van der Waals surface area contributed by atoms with E-state index in [0.717, 1.165) is 12.0 Å². The van der Waals surface area contributed by atoms with Gasteiger partial charge in [0.15, 0.2) is 0 Å². The van der Waals surface area contributed by atoms with Crippen LogP contribution in [0.5, 0.6) is 5.75 Å². The predicted octanol–water partition coefficient (Wildman–Crippen LogP) is 1.72. The van der Waals surface area contributed by atoms with Crippen LogP contribution in [0.4, 0.5) is 11.5 Å². The average molecular weight is 273 g/mol. The zero-order valence-electron chi connectivity index (χ0n) is 10.7. The number of aromatic carboxylic acids is 1. The second-order valence-electron chi connectivity index (χ2n) is 4.31. The van der Waals surface area contributed by atoms with E-state index in [1.54, 1.807) is 12.1 Å². The fourth-order valence-corrected chi connectivity index (χ4v) is 1.73. The quantitative estimate of drug-likeness (QED) is 0.660. The molecule has 5 N–H and O–H groups in total. The summed E-state index contributed by atoms with van der Waals surface area (Å²) in [6.45, 7) is 0.606. The van der Waals surface area contributed by atoms with Crippen molar-refractivity contribution in [2.75, 3.05) is 17.6 Å². The standard InChI is InChI=1S/C14H15N3O3/c15-12-7-10(14(19)20)8-17-13(12)16-6-5-9-1-3-11(18)4-2-9/h1-4,7-8,18H,5-6,15H2,(H,16,17)(H,19,20). The van der Waals surface area contributed by atoms with E-state index in [0.29, 0.717) is 18.1 Å². The van der Waals surface area contributed by atoms with E-state index >= 15 is 0 Å². The summed E-state index contributed by atoms with van der Waals surface area (Å²) in [4.78, 5) is 14.7.